The van der Waals surface area contributed by atoms with Crippen LogP contribution in [0.1, 0.15) is 0 Å². The minimum absolute atomic E-state index is 0.678. The van der Waals surface area contributed by atoms with Crippen molar-refractivity contribution in [1.82, 2.24) is 4.81 Å². The summed E-state index contributed by atoms with van der Waals surface area (Å²) in [5, 5.41) is 0. The zero-order chi connectivity index (χ0) is 7.56. The van der Waals surface area contributed by atoms with Gasteiger partial charge in [-0.2, -0.15) is 0 Å². The summed E-state index contributed by atoms with van der Waals surface area (Å²) in [7, 11) is 4.24. The molecule has 54 valence electrons. The van der Waals surface area contributed by atoms with Crippen LogP contribution in [0.5, 0.6) is 0 Å². The van der Waals surface area contributed by atoms with E-state index in [9.17, 15) is 0 Å². The highest BCUT2D eigenvalue weighted by atomic mass is 15.0. The molecule has 0 unspecified atom stereocenters. The van der Waals surface area contributed by atoms with Crippen LogP contribution in [0.25, 0.3) is 0 Å². The molecule has 1 rings (SSSR count). The number of hydrogen-bond donors (Lipinski definition) is 0. The van der Waals surface area contributed by atoms with Gasteiger partial charge in [-0.3, -0.25) is 0 Å². The molecule has 1 aliphatic rings. The van der Waals surface area contributed by atoms with Crippen LogP contribution >= 0.6 is 0 Å². The molecular weight excluding hydrogens is 121 g/mol. The fourth-order valence-corrected chi connectivity index (χ4v) is 1.24. The topological polar surface area (TPSA) is 3.24 Å². The lowest BCUT2D eigenvalue weighted by Gasteiger charge is -2.22. The molecule has 0 atom stereocenters. The van der Waals surface area contributed by atoms with Gasteiger partial charge in [0, 0.05) is 0 Å². The van der Waals surface area contributed by atoms with E-state index in [-0.39, 0.29) is 0 Å². The highest BCUT2D eigenvalue weighted by Crippen LogP contribution is 2.16. The number of allylic oxidation sites excluding steroid dienone is 3. The molecule has 0 aromatic heterocycles. The van der Waals surface area contributed by atoms with Crippen LogP contribution in [0.2, 0.25) is 12.6 Å². The smallest absolute Gasteiger partial charge is 0.231 e. The van der Waals surface area contributed by atoms with Crippen molar-refractivity contribution in [3.8, 4) is 0 Å². The molecule has 0 aromatic carbocycles. The van der Waals surface area contributed by atoms with E-state index in [1.807, 2.05) is 0 Å². The Morgan fingerprint density at radius 2 is 2.30 bits per heavy atom. The van der Waals surface area contributed by atoms with Gasteiger partial charge < -0.3 is 4.81 Å². The zero-order valence-corrected chi connectivity index (χ0v) is 6.80. The van der Waals surface area contributed by atoms with E-state index < -0.39 is 0 Å². The summed E-state index contributed by atoms with van der Waals surface area (Å²) in [4.78, 5) is 2.26. The summed E-state index contributed by atoms with van der Waals surface area (Å²) in [6, 6.07) is 0. The lowest BCUT2D eigenvalue weighted by atomic mass is 9.51. The van der Waals surface area contributed by atoms with Crippen LogP contribution in [0.15, 0.2) is 24.3 Å². The first-order chi connectivity index (χ1) is 4.70. The van der Waals surface area contributed by atoms with Crippen LogP contribution in [0, 0.1) is 0 Å². The monoisotopic (exact) mass is 135 g/mol. The predicted molar refractivity (Wildman–Crippen MR) is 47.3 cm³/mol. The second-order valence-electron chi connectivity index (χ2n) is 3.12. The first-order valence-corrected chi connectivity index (χ1v) is 3.71. The fraction of sp³-hybridized carbons (Fsp3) is 0.500. The lowest BCUT2D eigenvalue weighted by Crippen LogP contribution is -2.33. The molecule has 0 saturated carbocycles. The van der Waals surface area contributed by atoms with Crippen LogP contribution in [-0.4, -0.2) is 25.8 Å². The summed E-state index contributed by atoms with van der Waals surface area (Å²) in [5.41, 5.74) is 1.25. The molecule has 0 aliphatic carbocycles. The number of rotatable bonds is 1. The zero-order valence-electron chi connectivity index (χ0n) is 6.80. The van der Waals surface area contributed by atoms with Gasteiger partial charge in [0.25, 0.3) is 0 Å². The standard InChI is InChI=1S/C8H14BN/c1-8-5-4-6-9(7-8)10(2)3/h4-5H,1,6-7H2,2-3H3. The SMILES string of the molecule is C=C1C=CCB(N(C)C)C1. The Morgan fingerprint density at radius 3 is 2.70 bits per heavy atom. The van der Waals surface area contributed by atoms with Crippen molar-refractivity contribution in [2.75, 3.05) is 14.1 Å². The van der Waals surface area contributed by atoms with Gasteiger partial charge in [0.1, 0.15) is 0 Å². The summed E-state index contributed by atoms with van der Waals surface area (Å²) in [6.45, 7) is 4.61. The molecule has 0 aromatic rings. The van der Waals surface area contributed by atoms with E-state index in [0.717, 1.165) is 6.32 Å². The van der Waals surface area contributed by atoms with E-state index in [2.05, 4.69) is 37.6 Å². The lowest BCUT2D eigenvalue weighted by molar-refractivity contribution is 0.637. The van der Waals surface area contributed by atoms with Gasteiger partial charge in [0.15, 0.2) is 0 Å². The highest BCUT2D eigenvalue weighted by molar-refractivity contribution is 6.57. The molecule has 0 amide bonds. The van der Waals surface area contributed by atoms with Crippen LogP contribution in [0.3, 0.4) is 0 Å². The molecule has 0 N–H and O–H groups in total. The Hall–Kier alpha value is -0.495. The number of hydrogen-bond acceptors (Lipinski definition) is 1. The van der Waals surface area contributed by atoms with Crippen molar-refractivity contribution >= 4 is 6.85 Å². The molecule has 0 bridgehead atoms. The Labute approximate surface area is 63.5 Å². The Morgan fingerprint density at radius 1 is 1.60 bits per heavy atom. The van der Waals surface area contributed by atoms with Gasteiger partial charge >= 0.3 is 0 Å². The van der Waals surface area contributed by atoms with Crippen LogP contribution < -0.4 is 0 Å². The van der Waals surface area contributed by atoms with E-state index in [0.29, 0.717) is 6.85 Å². The third-order valence-corrected chi connectivity index (χ3v) is 1.99. The maximum Gasteiger partial charge on any atom is 0.231 e. The van der Waals surface area contributed by atoms with Crippen molar-refractivity contribution < 1.29 is 0 Å². The molecule has 1 heterocycles. The Balaban J connectivity index is 2.52. The van der Waals surface area contributed by atoms with Gasteiger partial charge in [0.05, 0.1) is 0 Å². The van der Waals surface area contributed by atoms with Crippen molar-refractivity contribution in [3.63, 3.8) is 0 Å². The number of nitrogens with zero attached hydrogens (tertiary/aromatic N) is 1. The summed E-state index contributed by atoms with van der Waals surface area (Å²) in [6.07, 6.45) is 6.63. The second kappa shape index (κ2) is 3.06. The van der Waals surface area contributed by atoms with Crippen LogP contribution in [0.4, 0.5) is 0 Å². The first kappa shape index (κ1) is 7.61. The van der Waals surface area contributed by atoms with Gasteiger partial charge in [-0.05, 0) is 26.7 Å². The summed E-state index contributed by atoms with van der Waals surface area (Å²) >= 11 is 0. The molecule has 2 heteroatoms. The summed E-state index contributed by atoms with van der Waals surface area (Å²) in [5.74, 6) is 0. The van der Waals surface area contributed by atoms with Gasteiger partial charge in [-0.25, -0.2) is 0 Å². The molecule has 0 saturated heterocycles. The van der Waals surface area contributed by atoms with E-state index in [4.69, 9.17) is 0 Å². The Kier molecular flexibility index (Phi) is 2.33. The average molecular weight is 135 g/mol. The van der Waals surface area contributed by atoms with E-state index >= 15 is 0 Å². The first-order valence-electron chi connectivity index (χ1n) is 3.71. The maximum absolute atomic E-state index is 3.93. The normalized spacial score (nSPS) is 18.7. The van der Waals surface area contributed by atoms with Crippen molar-refractivity contribution in [3.05, 3.63) is 24.3 Å². The molecule has 10 heavy (non-hydrogen) atoms. The van der Waals surface area contributed by atoms with Crippen molar-refractivity contribution in [1.29, 1.82) is 0 Å². The fourth-order valence-electron chi connectivity index (χ4n) is 1.24. The van der Waals surface area contributed by atoms with Gasteiger partial charge in [-0.1, -0.05) is 24.3 Å². The molecular formula is C8H14BN. The maximum atomic E-state index is 3.93. The third-order valence-electron chi connectivity index (χ3n) is 1.99. The quantitative estimate of drug-likeness (QED) is 0.494. The molecule has 1 nitrogen and oxygen atoms in total. The molecule has 0 radical (unpaired) electrons. The third kappa shape index (κ3) is 1.74. The average Bonchev–Trinajstić information content (AvgIpc) is 1.88. The van der Waals surface area contributed by atoms with Gasteiger partial charge in [-0.15, -0.1) is 0 Å². The largest absolute Gasteiger partial charge is 0.347 e. The molecule has 0 spiro atoms. The van der Waals surface area contributed by atoms with Crippen molar-refractivity contribution in [2.24, 2.45) is 0 Å². The predicted octanol–water partition coefficient (Wildman–Crippen LogP) is 1.67. The van der Waals surface area contributed by atoms with E-state index in [1.54, 1.807) is 0 Å². The van der Waals surface area contributed by atoms with E-state index in [1.165, 1.54) is 11.9 Å². The summed E-state index contributed by atoms with van der Waals surface area (Å²) < 4.78 is 0. The molecule has 0 fully saturated rings. The minimum atomic E-state index is 0.678. The van der Waals surface area contributed by atoms with Gasteiger partial charge in [0.2, 0.25) is 6.85 Å². The molecule has 1 aliphatic heterocycles. The highest BCUT2D eigenvalue weighted by Gasteiger charge is 2.18. The Bertz CT molecular complexity index is 161. The van der Waals surface area contributed by atoms with Crippen molar-refractivity contribution in [2.45, 2.75) is 12.6 Å². The second-order valence-corrected chi connectivity index (χ2v) is 3.12. The minimum Gasteiger partial charge on any atom is -0.347 e. The van der Waals surface area contributed by atoms with Crippen LogP contribution in [-0.2, 0) is 0 Å².